The van der Waals surface area contributed by atoms with E-state index >= 15 is 0 Å². The van der Waals surface area contributed by atoms with Gasteiger partial charge in [0.2, 0.25) is 10.0 Å². The molecule has 96 valence electrons. The van der Waals surface area contributed by atoms with Crippen LogP contribution in [-0.4, -0.2) is 55.3 Å². The summed E-state index contributed by atoms with van der Waals surface area (Å²) >= 11 is 1.62. The number of hydrogen-bond donors (Lipinski definition) is 1. The molecule has 0 spiro atoms. The van der Waals surface area contributed by atoms with E-state index in [2.05, 4.69) is 0 Å². The van der Waals surface area contributed by atoms with Gasteiger partial charge < -0.3 is 5.11 Å². The molecule has 0 aromatic rings. The second-order valence-corrected chi connectivity index (χ2v) is 7.37. The van der Waals surface area contributed by atoms with Crippen LogP contribution in [0, 0.1) is 5.92 Å². The van der Waals surface area contributed by atoms with E-state index in [4.69, 9.17) is 0 Å². The summed E-state index contributed by atoms with van der Waals surface area (Å²) in [7, 11) is -3.06. The minimum absolute atomic E-state index is 0.306. The fourth-order valence-electron chi connectivity index (χ4n) is 2.17. The lowest BCUT2D eigenvalue weighted by Crippen LogP contribution is -2.40. The predicted octanol–water partition coefficient (Wildman–Crippen LogP) is 0.772. The van der Waals surface area contributed by atoms with Crippen LogP contribution in [0.4, 0.5) is 0 Å². The van der Waals surface area contributed by atoms with Crippen molar-refractivity contribution in [1.29, 1.82) is 0 Å². The molecule has 1 rings (SSSR count). The smallest absolute Gasteiger partial charge is 0.211 e. The minimum Gasteiger partial charge on any atom is -0.392 e. The summed E-state index contributed by atoms with van der Waals surface area (Å²) in [4.78, 5) is 0. The van der Waals surface area contributed by atoms with Crippen LogP contribution in [-0.2, 0) is 10.0 Å². The largest absolute Gasteiger partial charge is 0.392 e. The van der Waals surface area contributed by atoms with Gasteiger partial charge in [-0.05, 0) is 31.4 Å². The van der Waals surface area contributed by atoms with E-state index in [1.807, 2.05) is 6.26 Å². The van der Waals surface area contributed by atoms with Crippen molar-refractivity contribution in [3.8, 4) is 0 Å². The highest BCUT2D eigenvalue weighted by atomic mass is 32.2. The molecule has 0 amide bonds. The summed E-state index contributed by atoms with van der Waals surface area (Å²) in [6, 6.07) is 0. The van der Waals surface area contributed by atoms with Crippen molar-refractivity contribution in [1.82, 2.24) is 4.31 Å². The molecule has 0 aromatic heterocycles. The number of rotatable bonds is 5. The predicted molar refractivity (Wildman–Crippen MR) is 68.1 cm³/mol. The van der Waals surface area contributed by atoms with Crippen molar-refractivity contribution in [2.24, 2.45) is 5.92 Å². The zero-order valence-electron chi connectivity index (χ0n) is 9.92. The molecule has 0 bridgehead atoms. The van der Waals surface area contributed by atoms with Crippen LogP contribution in [0.3, 0.4) is 0 Å². The summed E-state index contributed by atoms with van der Waals surface area (Å²) in [5.74, 6) is 1.04. The minimum atomic E-state index is -3.06. The molecular formula is C10H21NO3S2. The van der Waals surface area contributed by atoms with Crippen LogP contribution in [0.1, 0.15) is 19.3 Å². The van der Waals surface area contributed by atoms with E-state index in [9.17, 15) is 13.5 Å². The van der Waals surface area contributed by atoms with E-state index in [0.717, 1.165) is 18.6 Å². The standard InChI is InChI=1S/C10H21NO3S2/c1-15-8-10(12)6-9-4-3-5-11(7-9)16(2,13)14/h9-10,12H,3-8H2,1-2H3. The second kappa shape index (κ2) is 6.23. The first kappa shape index (κ1) is 14.3. The Balaban J connectivity index is 2.45. The van der Waals surface area contributed by atoms with Crippen LogP contribution >= 0.6 is 11.8 Å². The van der Waals surface area contributed by atoms with E-state index in [1.54, 1.807) is 11.8 Å². The molecule has 1 fully saturated rings. The van der Waals surface area contributed by atoms with Gasteiger partial charge in [-0.2, -0.15) is 11.8 Å². The Hall–Kier alpha value is 0.220. The number of aliphatic hydroxyl groups is 1. The maximum Gasteiger partial charge on any atom is 0.211 e. The van der Waals surface area contributed by atoms with E-state index in [0.29, 0.717) is 25.4 Å². The highest BCUT2D eigenvalue weighted by Gasteiger charge is 2.26. The maximum absolute atomic E-state index is 11.4. The Kier molecular flexibility index (Phi) is 5.56. The highest BCUT2D eigenvalue weighted by molar-refractivity contribution is 7.98. The third-order valence-electron chi connectivity index (χ3n) is 2.92. The van der Waals surface area contributed by atoms with E-state index in [-0.39, 0.29) is 6.10 Å². The van der Waals surface area contributed by atoms with E-state index in [1.165, 1.54) is 10.6 Å². The average molecular weight is 267 g/mol. The van der Waals surface area contributed by atoms with Gasteiger partial charge in [0.15, 0.2) is 0 Å². The van der Waals surface area contributed by atoms with Gasteiger partial charge in [-0.3, -0.25) is 0 Å². The molecule has 0 radical (unpaired) electrons. The summed E-state index contributed by atoms with van der Waals surface area (Å²) in [5, 5.41) is 9.70. The highest BCUT2D eigenvalue weighted by Crippen LogP contribution is 2.23. The van der Waals surface area contributed by atoms with Crippen molar-refractivity contribution >= 4 is 21.8 Å². The first-order valence-corrected chi connectivity index (χ1v) is 8.80. The molecule has 4 nitrogen and oxygen atoms in total. The zero-order valence-corrected chi connectivity index (χ0v) is 11.6. The zero-order chi connectivity index (χ0) is 12.2. The van der Waals surface area contributed by atoms with Gasteiger partial charge >= 0.3 is 0 Å². The average Bonchev–Trinajstić information content (AvgIpc) is 2.17. The Morgan fingerprint density at radius 2 is 2.25 bits per heavy atom. The lowest BCUT2D eigenvalue weighted by atomic mass is 9.94. The van der Waals surface area contributed by atoms with E-state index < -0.39 is 10.0 Å². The van der Waals surface area contributed by atoms with Crippen LogP contribution in [0.25, 0.3) is 0 Å². The van der Waals surface area contributed by atoms with Gasteiger partial charge in [-0.1, -0.05) is 0 Å². The SMILES string of the molecule is CSCC(O)CC1CCCN(S(C)(=O)=O)C1. The molecule has 0 saturated carbocycles. The molecule has 1 saturated heterocycles. The lowest BCUT2D eigenvalue weighted by molar-refractivity contribution is 0.140. The number of aliphatic hydroxyl groups excluding tert-OH is 1. The van der Waals surface area contributed by atoms with Crippen molar-refractivity contribution in [2.75, 3.05) is 31.4 Å². The van der Waals surface area contributed by atoms with Crippen molar-refractivity contribution in [2.45, 2.75) is 25.4 Å². The number of nitrogens with zero attached hydrogens (tertiary/aromatic N) is 1. The van der Waals surface area contributed by atoms with Crippen molar-refractivity contribution < 1.29 is 13.5 Å². The van der Waals surface area contributed by atoms with Gasteiger partial charge in [-0.25, -0.2) is 12.7 Å². The third kappa shape index (κ3) is 4.61. The molecule has 1 heterocycles. The molecular weight excluding hydrogens is 246 g/mol. The summed E-state index contributed by atoms with van der Waals surface area (Å²) < 4.78 is 24.3. The van der Waals surface area contributed by atoms with Gasteiger partial charge in [-0.15, -0.1) is 0 Å². The first-order valence-electron chi connectivity index (χ1n) is 5.55. The molecule has 2 atom stereocenters. The molecule has 0 aliphatic carbocycles. The third-order valence-corrected chi connectivity index (χ3v) is 4.90. The molecule has 1 aliphatic rings. The normalized spacial score (nSPS) is 25.6. The molecule has 16 heavy (non-hydrogen) atoms. The summed E-state index contributed by atoms with van der Waals surface area (Å²) in [6.07, 6.45) is 5.56. The topological polar surface area (TPSA) is 57.6 Å². The molecule has 6 heteroatoms. The van der Waals surface area contributed by atoms with Crippen molar-refractivity contribution in [3.05, 3.63) is 0 Å². The molecule has 1 N–H and O–H groups in total. The Labute approximate surface area is 102 Å². The number of thioether (sulfide) groups is 1. The quantitative estimate of drug-likeness (QED) is 0.799. The number of hydrogen-bond acceptors (Lipinski definition) is 4. The monoisotopic (exact) mass is 267 g/mol. The first-order chi connectivity index (χ1) is 7.43. The number of sulfonamides is 1. The number of piperidine rings is 1. The molecule has 0 aromatic carbocycles. The van der Waals surface area contributed by atoms with Gasteiger partial charge in [0.05, 0.1) is 12.4 Å². The lowest BCUT2D eigenvalue weighted by Gasteiger charge is -2.31. The van der Waals surface area contributed by atoms with Crippen LogP contribution in [0.2, 0.25) is 0 Å². The Morgan fingerprint density at radius 1 is 1.56 bits per heavy atom. The fourth-order valence-corrected chi connectivity index (χ4v) is 3.63. The Bertz CT molecular complexity index is 305. The summed E-state index contributed by atoms with van der Waals surface area (Å²) in [6.45, 7) is 1.21. The maximum atomic E-state index is 11.4. The molecule has 2 unspecified atom stereocenters. The Morgan fingerprint density at radius 3 is 2.81 bits per heavy atom. The fraction of sp³-hybridized carbons (Fsp3) is 1.00. The molecule has 1 aliphatic heterocycles. The van der Waals surface area contributed by atoms with Gasteiger partial charge in [0.1, 0.15) is 0 Å². The van der Waals surface area contributed by atoms with Crippen LogP contribution in [0.5, 0.6) is 0 Å². The van der Waals surface area contributed by atoms with Gasteiger partial charge in [0.25, 0.3) is 0 Å². The second-order valence-electron chi connectivity index (χ2n) is 4.47. The van der Waals surface area contributed by atoms with Crippen LogP contribution < -0.4 is 0 Å². The van der Waals surface area contributed by atoms with Crippen LogP contribution in [0.15, 0.2) is 0 Å². The van der Waals surface area contributed by atoms with Crippen molar-refractivity contribution in [3.63, 3.8) is 0 Å². The van der Waals surface area contributed by atoms with Gasteiger partial charge in [0, 0.05) is 18.8 Å². The summed E-state index contributed by atoms with van der Waals surface area (Å²) in [5.41, 5.74) is 0.